The zero-order chi connectivity index (χ0) is 15.6. The number of ether oxygens (including phenoxy) is 1. The van der Waals surface area contributed by atoms with E-state index in [0.29, 0.717) is 10.8 Å². The third-order valence-electron chi connectivity index (χ3n) is 3.60. The lowest BCUT2D eigenvalue weighted by Crippen LogP contribution is -2.34. The maximum Gasteiger partial charge on any atom is 0.349 e. The van der Waals surface area contributed by atoms with Gasteiger partial charge in [-0.05, 0) is 43.4 Å². The molecule has 1 fully saturated rings. The van der Waals surface area contributed by atoms with Crippen LogP contribution in [0.2, 0.25) is 0 Å². The Morgan fingerprint density at radius 2 is 2.19 bits per heavy atom. The summed E-state index contributed by atoms with van der Waals surface area (Å²) in [5.74, 6) is -0.609. The van der Waals surface area contributed by atoms with Crippen LogP contribution in [0.3, 0.4) is 0 Å². The number of sulfonamides is 1. The van der Waals surface area contributed by atoms with Crippen molar-refractivity contribution in [3.63, 3.8) is 0 Å². The molecule has 1 heterocycles. The Hall–Kier alpha value is -0.570. The fourth-order valence-corrected chi connectivity index (χ4v) is 6.33. The highest BCUT2D eigenvalue weighted by atomic mass is 32.2. The molecule has 0 spiro atoms. The molecule has 0 amide bonds. The van der Waals surface area contributed by atoms with Crippen molar-refractivity contribution in [2.24, 2.45) is 0 Å². The van der Waals surface area contributed by atoms with E-state index in [1.54, 1.807) is 24.1 Å². The fraction of sp³-hybridized carbons (Fsp3) is 0.615. The zero-order valence-electron chi connectivity index (χ0n) is 12.2. The third-order valence-corrected chi connectivity index (χ3v) is 7.61. The molecule has 1 saturated carbocycles. The van der Waals surface area contributed by atoms with Crippen molar-refractivity contribution in [1.82, 2.24) is 4.72 Å². The van der Waals surface area contributed by atoms with Gasteiger partial charge in [-0.15, -0.1) is 11.3 Å². The Kier molecular flexibility index (Phi) is 5.34. The summed E-state index contributed by atoms with van der Waals surface area (Å²) in [6, 6.07) is -0.0581. The Bertz CT molecular complexity index is 623. The SMILES string of the molecule is COC(=O)c1scc(C)c1S(=O)(=O)NC1CCC(SC)C1. The molecular weight excluding hydrogens is 330 g/mol. The Balaban J connectivity index is 2.24. The lowest BCUT2D eigenvalue weighted by atomic mass is 10.3. The molecule has 1 N–H and O–H groups in total. The highest BCUT2D eigenvalue weighted by molar-refractivity contribution is 7.99. The van der Waals surface area contributed by atoms with Gasteiger partial charge in [0, 0.05) is 11.3 Å². The highest BCUT2D eigenvalue weighted by Gasteiger charge is 2.32. The van der Waals surface area contributed by atoms with Crippen molar-refractivity contribution >= 4 is 39.1 Å². The first-order valence-corrected chi connectivity index (χ1v) is 10.3. The Morgan fingerprint density at radius 1 is 1.48 bits per heavy atom. The van der Waals surface area contributed by atoms with Crippen molar-refractivity contribution in [2.45, 2.75) is 42.4 Å². The van der Waals surface area contributed by atoms with Gasteiger partial charge in [0.2, 0.25) is 10.0 Å². The van der Waals surface area contributed by atoms with Crippen LogP contribution in [0.25, 0.3) is 0 Å². The standard InChI is InChI=1S/C13H19NO4S3/c1-8-7-20-11(13(15)18-2)12(8)21(16,17)14-9-4-5-10(6-9)19-3/h7,9-10,14H,4-6H2,1-3H3. The lowest BCUT2D eigenvalue weighted by Gasteiger charge is -2.14. The Morgan fingerprint density at radius 3 is 2.76 bits per heavy atom. The molecule has 5 nitrogen and oxygen atoms in total. The van der Waals surface area contributed by atoms with Gasteiger partial charge in [-0.1, -0.05) is 0 Å². The van der Waals surface area contributed by atoms with Gasteiger partial charge in [-0.2, -0.15) is 11.8 Å². The van der Waals surface area contributed by atoms with E-state index in [4.69, 9.17) is 0 Å². The molecule has 21 heavy (non-hydrogen) atoms. The van der Waals surface area contributed by atoms with E-state index in [0.717, 1.165) is 30.6 Å². The van der Waals surface area contributed by atoms with Crippen LogP contribution in [0, 0.1) is 6.92 Å². The quantitative estimate of drug-likeness (QED) is 0.827. The summed E-state index contributed by atoms with van der Waals surface area (Å²) in [7, 11) is -2.45. The van der Waals surface area contributed by atoms with E-state index in [2.05, 4.69) is 9.46 Å². The van der Waals surface area contributed by atoms with Crippen LogP contribution in [0.4, 0.5) is 0 Å². The van der Waals surface area contributed by atoms with Gasteiger partial charge in [-0.3, -0.25) is 0 Å². The van der Waals surface area contributed by atoms with E-state index in [-0.39, 0.29) is 15.8 Å². The second-order valence-corrected chi connectivity index (χ2v) is 8.73. The second-order valence-electron chi connectivity index (χ2n) is 5.06. The van der Waals surface area contributed by atoms with Crippen LogP contribution in [-0.4, -0.2) is 39.0 Å². The third kappa shape index (κ3) is 3.61. The highest BCUT2D eigenvalue weighted by Crippen LogP contribution is 2.31. The zero-order valence-corrected chi connectivity index (χ0v) is 14.7. The molecule has 0 saturated heterocycles. The summed E-state index contributed by atoms with van der Waals surface area (Å²) in [6.07, 6.45) is 4.72. The minimum Gasteiger partial charge on any atom is -0.465 e. The molecule has 1 aromatic rings. The number of thioether (sulfide) groups is 1. The van der Waals surface area contributed by atoms with Gasteiger partial charge in [-0.25, -0.2) is 17.9 Å². The van der Waals surface area contributed by atoms with Crippen molar-refractivity contribution in [1.29, 1.82) is 0 Å². The van der Waals surface area contributed by atoms with Crippen LogP contribution < -0.4 is 4.72 Å². The molecule has 1 aromatic heterocycles. The first kappa shape index (κ1) is 16.8. The molecule has 0 radical (unpaired) electrons. The van der Waals surface area contributed by atoms with Crippen molar-refractivity contribution < 1.29 is 17.9 Å². The van der Waals surface area contributed by atoms with Crippen LogP contribution in [0.1, 0.15) is 34.5 Å². The van der Waals surface area contributed by atoms with Gasteiger partial charge in [0.25, 0.3) is 0 Å². The maximum absolute atomic E-state index is 12.6. The van der Waals surface area contributed by atoms with Crippen LogP contribution in [-0.2, 0) is 14.8 Å². The number of carbonyl (C=O) groups is 1. The summed E-state index contributed by atoms with van der Waals surface area (Å²) in [4.78, 5) is 11.9. The first-order valence-electron chi connectivity index (χ1n) is 6.60. The minimum absolute atomic E-state index is 0.0581. The molecule has 0 bridgehead atoms. The molecule has 1 aliphatic rings. The molecule has 1 aliphatic carbocycles. The van der Waals surface area contributed by atoms with E-state index in [9.17, 15) is 13.2 Å². The molecular formula is C13H19NO4S3. The molecule has 0 aliphatic heterocycles. The van der Waals surface area contributed by atoms with E-state index >= 15 is 0 Å². The predicted molar refractivity (Wildman–Crippen MR) is 85.7 cm³/mol. The van der Waals surface area contributed by atoms with E-state index in [1.165, 1.54) is 7.11 Å². The van der Waals surface area contributed by atoms with Crippen LogP contribution in [0.15, 0.2) is 10.3 Å². The monoisotopic (exact) mass is 349 g/mol. The summed E-state index contributed by atoms with van der Waals surface area (Å²) >= 11 is 2.87. The van der Waals surface area contributed by atoms with Crippen molar-refractivity contribution in [3.05, 3.63) is 15.8 Å². The van der Waals surface area contributed by atoms with Crippen molar-refractivity contribution in [3.8, 4) is 0 Å². The number of rotatable bonds is 5. The molecule has 2 unspecified atom stereocenters. The number of thiophene rings is 1. The average Bonchev–Trinajstić information content (AvgIpc) is 3.04. The fourth-order valence-electron chi connectivity index (χ4n) is 2.54. The van der Waals surface area contributed by atoms with Gasteiger partial charge >= 0.3 is 5.97 Å². The molecule has 2 atom stereocenters. The lowest BCUT2D eigenvalue weighted by molar-refractivity contribution is 0.0602. The Labute approximate surface area is 133 Å². The molecule has 118 valence electrons. The summed E-state index contributed by atoms with van der Waals surface area (Å²) in [5, 5.41) is 2.17. The topological polar surface area (TPSA) is 72.5 Å². The molecule has 8 heteroatoms. The number of aryl methyl sites for hydroxylation is 1. The number of methoxy groups -OCH3 is 1. The number of carbonyl (C=O) groups excluding carboxylic acids is 1. The summed E-state index contributed by atoms with van der Waals surface area (Å²) in [5.41, 5.74) is 0.576. The minimum atomic E-state index is -3.70. The normalized spacial score (nSPS) is 22.4. The number of esters is 1. The molecule has 0 aromatic carbocycles. The smallest absolute Gasteiger partial charge is 0.349 e. The van der Waals surface area contributed by atoms with Crippen LogP contribution in [0.5, 0.6) is 0 Å². The van der Waals surface area contributed by atoms with Gasteiger partial charge < -0.3 is 4.74 Å². The number of nitrogens with one attached hydrogen (secondary N) is 1. The predicted octanol–water partition coefficient (Wildman–Crippen LogP) is 2.41. The molecule has 2 rings (SSSR count). The number of hydrogen-bond acceptors (Lipinski definition) is 6. The summed E-state index contributed by atoms with van der Waals surface area (Å²) in [6.45, 7) is 1.69. The summed E-state index contributed by atoms with van der Waals surface area (Å²) < 4.78 is 32.6. The largest absolute Gasteiger partial charge is 0.465 e. The van der Waals surface area contributed by atoms with Gasteiger partial charge in [0.05, 0.1) is 7.11 Å². The van der Waals surface area contributed by atoms with Crippen molar-refractivity contribution in [2.75, 3.05) is 13.4 Å². The van der Waals surface area contributed by atoms with Crippen LogP contribution >= 0.6 is 23.1 Å². The van der Waals surface area contributed by atoms with Gasteiger partial charge in [0.1, 0.15) is 9.77 Å². The van der Waals surface area contributed by atoms with E-state index in [1.807, 2.05) is 6.26 Å². The maximum atomic E-state index is 12.6. The number of hydrogen-bond donors (Lipinski definition) is 1. The average molecular weight is 349 g/mol. The van der Waals surface area contributed by atoms with Gasteiger partial charge in [0.15, 0.2) is 0 Å². The van der Waals surface area contributed by atoms with E-state index < -0.39 is 16.0 Å². The first-order chi connectivity index (χ1) is 9.89. The second kappa shape index (κ2) is 6.68.